The van der Waals surface area contributed by atoms with Gasteiger partial charge in [0, 0.05) is 25.6 Å². The fraction of sp³-hybridized carbons (Fsp3) is 0.800. The Kier molecular flexibility index (Phi) is 3.20. The molecule has 0 aromatic rings. The van der Waals surface area contributed by atoms with Crippen molar-refractivity contribution >= 4 is 11.8 Å². The van der Waals surface area contributed by atoms with Crippen molar-refractivity contribution in [3.8, 4) is 0 Å². The molecule has 84 valence electrons. The monoisotopic (exact) mass is 211 g/mol. The van der Waals surface area contributed by atoms with Crippen LogP contribution >= 0.6 is 0 Å². The lowest BCUT2D eigenvalue weighted by Crippen LogP contribution is -2.47. The number of piperidine rings is 1. The van der Waals surface area contributed by atoms with Gasteiger partial charge < -0.3 is 16.0 Å². The lowest BCUT2D eigenvalue weighted by Gasteiger charge is -2.24. The average molecular weight is 211 g/mol. The highest BCUT2D eigenvalue weighted by molar-refractivity contribution is 5.89. The fourth-order valence-electron chi connectivity index (χ4n) is 2.08. The minimum Gasteiger partial charge on any atom is -0.355 e. The van der Waals surface area contributed by atoms with Crippen LogP contribution < -0.4 is 16.0 Å². The van der Waals surface area contributed by atoms with Gasteiger partial charge in [-0.3, -0.25) is 9.59 Å². The van der Waals surface area contributed by atoms with Crippen molar-refractivity contribution < 1.29 is 9.59 Å². The summed E-state index contributed by atoms with van der Waals surface area (Å²) in [6.07, 6.45) is 2.48. The van der Waals surface area contributed by atoms with Crippen LogP contribution in [-0.2, 0) is 9.59 Å². The van der Waals surface area contributed by atoms with Gasteiger partial charge >= 0.3 is 0 Å². The van der Waals surface area contributed by atoms with E-state index in [2.05, 4.69) is 16.0 Å². The van der Waals surface area contributed by atoms with E-state index in [-0.39, 0.29) is 23.8 Å². The summed E-state index contributed by atoms with van der Waals surface area (Å²) in [6.45, 7) is 2.38. The molecular formula is C10H17N3O2. The molecule has 0 aromatic carbocycles. The third-order valence-corrected chi connectivity index (χ3v) is 2.99. The second-order valence-electron chi connectivity index (χ2n) is 4.26. The zero-order valence-corrected chi connectivity index (χ0v) is 8.71. The first-order chi connectivity index (χ1) is 7.25. The van der Waals surface area contributed by atoms with E-state index in [4.69, 9.17) is 0 Å². The van der Waals surface area contributed by atoms with Crippen LogP contribution in [0.5, 0.6) is 0 Å². The SMILES string of the molecule is O=C1CC(C(=O)NC2CCCNC2)CN1. The maximum atomic E-state index is 11.7. The van der Waals surface area contributed by atoms with E-state index >= 15 is 0 Å². The summed E-state index contributed by atoms with van der Waals surface area (Å²) < 4.78 is 0. The normalized spacial score (nSPS) is 31.1. The van der Waals surface area contributed by atoms with E-state index in [1.807, 2.05) is 0 Å². The predicted octanol–water partition coefficient (Wildman–Crippen LogP) is -1.01. The minimum atomic E-state index is -0.167. The van der Waals surface area contributed by atoms with Gasteiger partial charge in [-0.05, 0) is 19.4 Å². The Morgan fingerprint density at radius 3 is 2.87 bits per heavy atom. The first-order valence-corrected chi connectivity index (χ1v) is 5.53. The summed E-state index contributed by atoms with van der Waals surface area (Å²) in [5.74, 6) is -0.168. The molecule has 2 unspecified atom stereocenters. The number of carbonyl (C=O) groups excluding carboxylic acids is 2. The Balaban J connectivity index is 1.78. The molecule has 0 radical (unpaired) electrons. The molecule has 2 aliphatic heterocycles. The second kappa shape index (κ2) is 4.61. The third-order valence-electron chi connectivity index (χ3n) is 2.99. The zero-order valence-electron chi connectivity index (χ0n) is 8.71. The van der Waals surface area contributed by atoms with Gasteiger partial charge in [0.25, 0.3) is 0 Å². The Hall–Kier alpha value is -1.10. The van der Waals surface area contributed by atoms with Crippen molar-refractivity contribution in [3.05, 3.63) is 0 Å². The second-order valence-corrected chi connectivity index (χ2v) is 4.26. The van der Waals surface area contributed by atoms with E-state index < -0.39 is 0 Å². The summed E-state index contributed by atoms with van der Waals surface area (Å²) in [7, 11) is 0. The molecule has 0 bridgehead atoms. The molecule has 5 heteroatoms. The van der Waals surface area contributed by atoms with Crippen LogP contribution in [0.25, 0.3) is 0 Å². The van der Waals surface area contributed by atoms with Gasteiger partial charge in [-0.15, -0.1) is 0 Å². The molecule has 2 saturated heterocycles. The standard InChI is InChI=1S/C10H17N3O2/c14-9-4-7(5-12-9)10(15)13-8-2-1-3-11-6-8/h7-8,11H,1-6H2,(H,12,14)(H,13,15). The molecule has 2 heterocycles. The van der Waals surface area contributed by atoms with Crippen molar-refractivity contribution in [2.45, 2.75) is 25.3 Å². The van der Waals surface area contributed by atoms with Crippen LogP contribution in [0.2, 0.25) is 0 Å². The Morgan fingerprint density at radius 2 is 2.27 bits per heavy atom. The molecule has 0 saturated carbocycles. The Labute approximate surface area is 89.0 Å². The lowest BCUT2D eigenvalue weighted by molar-refractivity contribution is -0.127. The van der Waals surface area contributed by atoms with Crippen LogP contribution in [0.3, 0.4) is 0 Å². The molecule has 2 atom stereocenters. The maximum Gasteiger partial charge on any atom is 0.225 e. The van der Waals surface area contributed by atoms with E-state index in [0.29, 0.717) is 13.0 Å². The first-order valence-electron chi connectivity index (χ1n) is 5.53. The average Bonchev–Trinajstić information content (AvgIpc) is 2.66. The topological polar surface area (TPSA) is 70.2 Å². The molecule has 2 amide bonds. The fourth-order valence-corrected chi connectivity index (χ4v) is 2.08. The minimum absolute atomic E-state index is 0.0158. The molecule has 2 rings (SSSR count). The van der Waals surface area contributed by atoms with Crippen molar-refractivity contribution in [1.29, 1.82) is 0 Å². The van der Waals surface area contributed by atoms with Crippen molar-refractivity contribution in [1.82, 2.24) is 16.0 Å². The number of hydrogen-bond donors (Lipinski definition) is 3. The Morgan fingerprint density at radius 1 is 1.40 bits per heavy atom. The molecule has 2 fully saturated rings. The number of hydrogen-bond acceptors (Lipinski definition) is 3. The highest BCUT2D eigenvalue weighted by atomic mass is 16.2. The highest BCUT2D eigenvalue weighted by Gasteiger charge is 2.29. The van der Waals surface area contributed by atoms with Crippen LogP contribution in [0.4, 0.5) is 0 Å². The molecular weight excluding hydrogens is 194 g/mol. The summed E-state index contributed by atoms with van der Waals surface area (Å²) in [6, 6.07) is 0.238. The van der Waals surface area contributed by atoms with Crippen LogP contribution in [0, 0.1) is 5.92 Å². The van der Waals surface area contributed by atoms with Crippen molar-refractivity contribution in [2.75, 3.05) is 19.6 Å². The van der Waals surface area contributed by atoms with Gasteiger partial charge in [0.05, 0.1) is 5.92 Å². The molecule has 0 spiro atoms. The summed E-state index contributed by atoms with van der Waals surface area (Å²) in [5, 5.41) is 8.90. The quantitative estimate of drug-likeness (QED) is 0.548. The highest BCUT2D eigenvalue weighted by Crippen LogP contribution is 2.10. The van der Waals surface area contributed by atoms with Crippen molar-refractivity contribution in [2.24, 2.45) is 5.92 Å². The molecule has 3 N–H and O–H groups in total. The number of nitrogens with one attached hydrogen (secondary N) is 3. The molecule has 2 aliphatic rings. The number of rotatable bonds is 2. The molecule has 0 aromatic heterocycles. The largest absolute Gasteiger partial charge is 0.355 e. The number of amides is 2. The number of carbonyl (C=O) groups is 2. The summed E-state index contributed by atoms with van der Waals surface area (Å²) in [4.78, 5) is 22.7. The van der Waals surface area contributed by atoms with E-state index in [0.717, 1.165) is 25.9 Å². The first kappa shape index (κ1) is 10.4. The van der Waals surface area contributed by atoms with Gasteiger partial charge in [0.15, 0.2) is 0 Å². The van der Waals surface area contributed by atoms with Crippen molar-refractivity contribution in [3.63, 3.8) is 0 Å². The van der Waals surface area contributed by atoms with E-state index in [1.54, 1.807) is 0 Å². The molecule has 15 heavy (non-hydrogen) atoms. The van der Waals surface area contributed by atoms with E-state index in [1.165, 1.54) is 0 Å². The molecule has 5 nitrogen and oxygen atoms in total. The Bertz CT molecular complexity index is 261. The summed E-state index contributed by atoms with van der Waals surface area (Å²) >= 11 is 0. The van der Waals surface area contributed by atoms with Gasteiger partial charge in [-0.1, -0.05) is 0 Å². The zero-order chi connectivity index (χ0) is 10.7. The summed E-state index contributed by atoms with van der Waals surface area (Å²) in [5.41, 5.74) is 0. The van der Waals surface area contributed by atoms with Gasteiger partial charge in [-0.25, -0.2) is 0 Å². The maximum absolute atomic E-state index is 11.7. The predicted molar refractivity (Wildman–Crippen MR) is 55.2 cm³/mol. The van der Waals surface area contributed by atoms with Gasteiger partial charge in [0.1, 0.15) is 0 Å². The van der Waals surface area contributed by atoms with Crippen LogP contribution in [-0.4, -0.2) is 37.5 Å². The smallest absolute Gasteiger partial charge is 0.225 e. The lowest BCUT2D eigenvalue weighted by atomic mass is 10.0. The van der Waals surface area contributed by atoms with Gasteiger partial charge in [0.2, 0.25) is 11.8 Å². The van der Waals surface area contributed by atoms with Gasteiger partial charge in [-0.2, -0.15) is 0 Å². The molecule has 0 aliphatic carbocycles. The van der Waals surface area contributed by atoms with E-state index in [9.17, 15) is 9.59 Å². The van der Waals surface area contributed by atoms with Crippen LogP contribution in [0.1, 0.15) is 19.3 Å². The van der Waals surface area contributed by atoms with Crippen LogP contribution in [0.15, 0.2) is 0 Å². The third kappa shape index (κ3) is 2.68.